The van der Waals surface area contributed by atoms with Gasteiger partial charge in [0.1, 0.15) is 5.01 Å². The normalized spacial score (nSPS) is 10.4. The number of anilines is 1. The second-order valence-corrected chi connectivity index (χ2v) is 6.74. The average Bonchev–Trinajstić information content (AvgIpc) is 3.12. The van der Waals surface area contributed by atoms with E-state index in [1.807, 2.05) is 54.6 Å². The fourth-order valence-electron chi connectivity index (χ4n) is 2.66. The first-order valence-corrected chi connectivity index (χ1v) is 8.82. The van der Waals surface area contributed by atoms with E-state index in [0.29, 0.717) is 16.8 Å². The molecule has 5 heteroatoms. The Kier molecular flexibility index (Phi) is 4.18. The Morgan fingerprint density at radius 1 is 1.00 bits per heavy atom. The first-order chi connectivity index (χ1) is 12.7. The van der Waals surface area contributed by atoms with Crippen molar-refractivity contribution in [2.75, 3.05) is 5.32 Å². The molecular formula is C21H13N3OS. The molecule has 0 bridgehead atoms. The number of hydrogen-bond acceptors (Lipinski definition) is 4. The van der Waals surface area contributed by atoms with Crippen LogP contribution < -0.4 is 5.32 Å². The van der Waals surface area contributed by atoms with Crippen LogP contribution in [0.15, 0.2) is 72.8 Å². The predicted octanol–water partition coefficient (Wildman–Crippen LogP) is 5.09. The minimum absolute atomic E-state index is 0.247. The Morgan fingerprint density at radius 2 is 1.85 bits per heavy atom. The third-order valence-corrected chi connectivity index (χ3v) is 5.00. The first-order valence-electron chi connectivity index (χ1n) is 8.00. The minimum atomic E-state index is -0.247. The van der Waals surface area contributed by atoms with Gasteiger partial charge in [-0.3, -0.25) is 4.79 Å². The molecular weight excluding hydrogens is 342 g/mol. The van der Waals surface area contributed by atoms with Gasteiger partial charge in [-0.05, 0) is 42.5 Å². The van der Waals surface area contributed by atoms with Crippen LogP contribution in [0.25, 0.3) is 20.8 Å². The standard InChI is InChI=1S/C21H13N3OS/c22-13-14-5-3-6-15(11-14)20(25)23-17-8-4-7-16(12-17)21-24-18-9-1-2-10-19(18)26-21/h1-12H,(H,23,25). The van der Waals surface area contributed by atoms with Gasteiger partial charge in [-0.15, -0.1) is 11.3 Å². The predicted molar refractivity (Wildman–Crippen MR) is 104 cm³/mol. The van der Waals surface area contributed by atoms with Crippen LogP contribution in [-0.2, 0) is 0 Å². The molecule has 0 atom stereocenters. The largest absolute Gasteiger partial charge is 0.322 e. The Hall–Kier alpha value is -3.49. The monoisotopic (exact) mass is 355 g/mol. The van der Waals surface area contributed by atoms with Crippen molar-refractivity contribution in [2.24, 2.45) is 0 Å². The number of fused-ring (bicyclic) bond motifs is 1. The molecule has 1 aromatic heterocycles. The van der Waals surface area contributed by atoms with Gasteiger partial charge in [-0.1, -0.05) is 30.3 Å². The zero-order valence-electron chi connectivity index (χ0n) is 13.6. The van der Waals surface area contributed by atoms with Crippen molar-refractivity contribution in [1.82, 2.24) is 4.98 Å². The lowest BCUT2D eigenvalue weighted by molar-refractivity contribution is 0.102. The Labute approximate surface area is 154 Å². The van der Waals surface area contributed by atoms with E-state index in [4.69, 9.17) is 5.26 Å². The number of rotatable bonds is 3. The zero-order valence-corrected chi connectivity index (χ0v) is 14.5. The van der Waals surface area contributed by atoms with Gasteiger partial charge in [0.25, 0.3) is 5.91 Å². The van der Waals surface area contributed by atoms with Gasteiger partial charge in [0.15, 0.2) is 0 Å². The maximum Gasteiger partial charge on any atom is 0.255 e. The van der Waals surface area contributed by atoms with E-state index in [1.54, 1.807) is 35.6 Å². The van der Waals surface area contributed by atoms with Crippen LogP contribution in [-0.4, -0.2) is 10.9 Å². The molecule has 0 unspecified atom stereocenters. The van der Waals surface area contributed by atoms with Crippen molar-refractivity contribution in [2.45, 2.75) is 0 Å². The lowest BCUT2D eigenvalue weighted by Crippen LogP contribution is -2.11. The highest BCUT2D eigenvalue weighted by Gasteiger charge is 2.10. The SMILES string of the molecule is N#Cc1cccc(C(=O)Nc2cccc(-c3nc4ccccc4s3)c2)c1. The third kappa shape index (κ3) is 3.18. The number of benzene rings is 3. The molecule has 4 nitrogen and oxygen atoms in total. The highest BCUT2D eigenvalue weighted by Crippen LogP contribution is 2.31. The topological polar surface area (TPSA) is 65.8 Å². The van der Waals surface area contributed by atoms with Gasteiger partial charge in [-0.25, -0.2) is 4.98 Å². The molecule has 1 heterocycles. The van der Waals surface area contributed by atoms with Gasteiger partial charge in [0, 0.05) is 16.8 Å². The number of nitrogens with one attached hydrogen (secondary N) is 1. The van der Waals surface area contributed by atoms with Gasteiger partial charge < -0.3 is 5.32 Å². The Morgan fingerprint density at radius 3 is 2.69 bits per heavy atom. The van der Waals surface area contributed by atoms with Crippen LogP contribution in [0.5, 0.6) is 0 Å². The average molecular weight is 355 g/mol. The van der Waals surface area contributed by atoms with Crippen molar-refractivity contribution in [3.8, 4) is 16.6 Å². The van der Waals surface area contributed by atoms with Crippen molar-refractivity contribution < 1.29 is 4.79 Å². The highest BCUT2D eigenvalue weighted by atomic mass is 32.1. The van der Waals surface area contributed by atoms with E-state index in [-0.39, 0.29) is 5.91 Å². The van der Waals surface area contributed by atoms with Crippen molar-refractivity contribution >= 4 is 33.1 Å². The van der Waals surface area contributed by atoms with E-state index < -0.39 is 0 Å². The van der Waals surface area contributed by atoms with Crippen molar-refractivity contribution in [1.29, 1.82) is 5.26 Å². The molecule has 4 rings (SSSR count). The quantitative estimate of drug-likeness (QED) is 0.557. The van der Waals surface area contributed by atoms with E-state index in [9.17, 15) is 4.79 Å². The maximum atomic E-state index is 12.4. The molecule has 26 heavy (non-hydrogen) atoms. The van der Waals surface area contributed by atoms with E-state index in [0.717, 1.165) is 20.8 Å². The Balaban J connectivity index is 1.61. The lowest BCUT2D eigenvalue weighted by Gasteiger charge is -2.07. The summed E-state index contributed by atoms with van der Waals surface area (Å²) in [6.45, 7) is 0. The number of para-hydroxylation sites is 1. The van der Waals surface area contributed by atoms with Crippen molar-refractivity contribution in [3.05, 3.63) is 83.9 Å². The number of nitrogens with zero attached hydrogens (tertiary/aromatic N) is 2. The molecule has 1 amide bonds. The summed E-state index contributed by atoms with van der Waals surface area (Å²) in [5, 5.41) is 12.8. The van der Waals surface area contributed by atoms with Crippen LogP contribution in [0.1, 0.15) is 15.9 Å². The minimum Gasteiger partial charge on any atom is -0.322 e. The van der Waals surface area contributed by atoms with Crippen LogP contribution >= 0.6 is 11.3 Å². The molecule has 0 aliphatic heterocycles. The number of hydrogen-bond donors (Lipinski definition) is 1. The van der Waals surface area contributed by atoms with Gasteiger partial charge in [0.05, 0.1) is 21.8 Å². The second kappa shape index (κ2) is 6.79. The smallest absolute Gasteiger partial charge is 0.255 e. The molecule has 0 fully saturated rings. The summed E-state index contributed by atoms with van der Waals surface area (Å²) in [5.74, 6) is -0.247. The number of amides is 1. The van der Waals surface area contributed by atoms with Gasteiger partial charge in [0.2, 0.25) is 0 Å². The summed E-state index contributed by atoms with van der Waals surface area (Å²) in [6, 6.07) is 24.3. The first kappa shape index (κ1) is 16.0. The molecule has 0 saturated heterocycles. The number of aromatic nitrogens is 1. The number of carbonyl (C=O) groups is 1. The third-order valence-electron chi connectivity index (χ3n) is 3.92. The number of thiazole rings is 1. The van der Waals surface area contributed by atoms with E-state index in [2.05, 4.69) is 10.3 Å². The van der Waals surface area contributed by atoms with Crippen LogP contribution in [0.2, 0.25) is 0 Å². The molecule has 4 aromatic rings. The summed E-state index contributed by atoms with van der Waals surface area (Å²) in [7, 11) is 0. The molecule has 0 saturated carbocycles. The number of nitriles is 1. The Bertz CT molecular complexity index is 1120. The molecule has 1 N–H and O–H groups in total. The summed E-state index contributed by atoms with van der Waals surface area (Å²) in [4.78, 5) is 17.1. The highest BCUT2D eigenvalue weighted by molar-refractivity contribution is 7.21. The van der Waals surface area contributed by atoms with Gasteiger partial charge in [-0.2, -0.15) is 5.26 Å². The summed E-state index contributed by atoms with van der Waals surface area (Å²) >= 11 is 1.62. The summed E-state index contributed by atoms with van der Waals surface area (Å²) in [5.41, 5.74) is 3.52. The van der Waals surface area contributed by atoms with Crippen molar-refractivity contribution in [3.63, 3.8) is 0 Å². The fourth-order valence-corrected chi connectivity index (χ4v) is 3.62. The molecule has 0 aliphatic rings. The van der Waals surface area contributed by atoms with E-state index >= 15 is 0 Å². The number of carbonyl (C=O) groups excluding carboxylic acids is 1. The second-order valence-electron chi connectivity index (χ2n) is 5.71. The molecule has 0 aliphatic carbocycles. The summed E-state index contributed by atoms with van der Waals surface area (Å²) in [6.07, 6.45) is 0. The molecule has 3 aromatic carbocycles. The van der Waals surface area contributed by atoms with E-state index in [1.165, 1.54) is 0 Å². The van der Waals surface area contributed by atoms with Crippen LogP contribution in [0.3, 0.4) is 0 Å². The van der Waals surface area contributed by atoms with Crippen LogP contribution in [0.4, 0.5) is 5.69 Å². The maximum absolute atomic E-state index is 12.4. The van der Waals surface area contributed by atoms with Crippen LogP contribution in [0, 0.1) is 11.3 Å². The zero-order chi connectivity index (χ0) is 17.9. The lowest BCUT2D eigenvalue weighted by atomic mass is 10.1. The van der Waals surface area contributed by atoms with Gasteiger partial charge >= 0.3 is 0 Å². The summed E-state index contributed by atoms with van der Waals surface area (Å²) < 4.78 is 1.13. The molecule has 124 valence electrons. The molecule has 0 radical (unpaired) electrons. The molecule has 0 spiro atoms. The fraction of sp³-hybridized carbons (Fsp3) is 0.